The van der Waals surface area contributed by atoms with Gasteiger partial charge in [-0.2, -0.15) is 5.10 Å². The van der Waals surface area contributed by atoms with Crippen molar-refractivity contribution in [2.24, 2.45) is 0 Å². The summed E-state index contributed by atoms with van der Waals surface area (Å²) in [5, 5.41) is 8.61. The molecule has 0 aliphatic rings. The highest BCUT2D eigenvalue weighted by atomic mass is 32.1. The highest BCUT2D eigenvalue weighted by Crippen LogP contribution is 2.22. The van der Waals surface area contributed by atoms with Gasteiger partial charge in [0.2, 0.25) is 0 Å². The Bertz CT molecular complexity index is 954. The van der Waals surface area contributed by atoms with E-state index < -0.39 is 0 Å². The van der Waals surface area contributed by atoms with Crippen molar-refractivity contribution in [2.45, 2.75) is 46.1 Å². The minimum atomic E-state index is -0.282. The van der Waals surface area contributed by atoms with E-state index in [1.54, 1.807) is 28.2 Å². The minimum absolute atomic E-state index is 0.168. The molecule has 0 atom stereocenters. The number of thiazole rings is 1. The fourth-order valence-electron chi connectivity index (χ4n) is 2.74. The number of hydrogen-bond acceptors (Lipinski definition) is 4. The van der Waals surface area contributed by atoms with E-state index in [2.05, 4.69) is 36.2 Å². The zero-order chi connectivity index (χ0) is 20.3. The third-order valence-electron chi connectivity index (χ3n) is 4.32. The summed E-state index contributed by atoms with van der Waals surface area (Å²) < 4.78 is 14.9. The highest BCUT2D eigenvalue weighted by molar-refractivity contribution is 7.11. The molecule has 0 aliphatic carbocycles. The number of aryl methyl sites for hydroxylation is 1. The van der Waals surface area contributed by atoms with Gasteiger partial charge in [0.1, 0.15) is 11.5 Å². The van der Waals surface area contributed by atoms with Crippen LogP contribution in [0.5, 0.6) is 0 Å². The van der Waals surface area contributed by atoms with Crippen LogP contribution in [0.15, 0.2) is 36.5 Å². The Labute approximate surface area is 168 Å². The monoisotopic (exact) mass is 400 g/mol. The Morgan fingerprint density at radius 1 is 1.25 bits per heavy atom. The standard InChI is InChI=1S/C21H25FN4OS/c1-14-12-24-19(28-14)9-10-23-20(27)17-11-18(21(2,3)4)25-26(17)13-15-5-7-16(22)8-6-15/h5-8,11-12H,9-10,13H2,1-4H3,(H,23,27). The van der Waals surface area contributed by atoms with Gasteiger partial charge >= 0.3 is 0 Å². The van der Waals surface area contributed by atoms with E-state index in [1.807, 2.05) is 19.2 Å². The van der Waals surface area contributed by atoms with Crippen molar-refractivity contribution >= 4 is 17.2 Å². The maximum atomic E-state index is 13.2. The van der Waals surface area contributed by atoms with Gasteiger partial charge in [0.25, 0.3) is 5.91 Å². The van der Waals surface area contributed by atoms with Crippen LogP contribution in [0, 0.1) is 12.7 Å². The molecular formula is C21H25FN4OS. The van der Waals surface area contributed by atoms with Crippen LogP contribution < -0.4 is 5.32 Å². The lowest BCUT2D eigenvalue weighted by Crippen LogP contribution is -2.28. The Morgan fingerprint density at radius 2 is 1.96 bits per heavy atom. The summed E-state index contributed by atoms with van der Waals surface area (Å²) in [6.07, 6.45) is 2.54. The van der Waals surface area contributed by atoms with Gasteiger partial charge in [-0.3, -0.25) is 9.48 Å². The van der Waals surface area contributed by atoms with Gasteiger partial charge in [0.05, 0.1) is 17.2 Å². The first-order valence-corrected chi connectivity index (χ1v) is 10.1. The van der Waals surface area contributed by atoms with Gasteiger partial charge in [0.15, 0.2) is 0 Å². The van der Waals surface area contributed by atoms with E-state index in [1.165, 1.54) is 12.1 Å². The molecule has 0 bridgehead atoms. The van der Waals surface area contributed by atoms with E-state index in [9.17, 15) is 9.18 Å². The zero-order valence-electron chi connectivity index (χ0n) is 16.6. The molecular weight excluding hydrogens is 375 g/mol. The number of amides is 1. The fourth-order valence-corrected chi connectivity index (χ4v) is 3.53. The van der Waals surface area contributed by atoms with Crippen molar-refractivity contribution in [3.8, 4) is 0 Å². The predicted octanol–water partition coefficient (Wildman–Crippen LogP) is 4.11. The van der Waals surface area contributed by atoms with Crippen LogP contribution in [-0.4, -0.2) is 27.2 Å². The normalized spacial score (nSPS) is 11.6. The molecule has 0 saturated carbocycles. The van der Waals surface area contributed by atoms with Crippen LogP contribution in [0.25, 0.3) is 0 Å². The van der Waals surface area contributed by atoms with Crippen LogP contribution in [0.1, 0.15) is 52.4 Å². The van der Waals surface area contributed by atoms with Crippen LogP contribution in [0.2, 0.25) is 0 Å². The summed E-state index contributed by atoms with van der Waals surface area (Å²) in [5.41, 5.74) is 2.05. The second-order valence-corrected chi connectivity index (χ2v) is 9.14. The molecule has 7 heteroatoms. The molecule has 0 spiro atoms. The van der Waals surface area contributed by atoms with E-state index in [-0.39, 0.29) is 17.1 Å². The first-order valence-electron chi connectivity index (χ1n) is 9.24. The summed E-state index contributed by atoms with van der Waals surface area (Å²) in [6, 6.07) is 8.09. The number of nitrogens with one attached hydrogen (secondary N) is 1. The summed E-state index contributed by atoms with van der Waals surface area (Å²) in [6.45, 7) is 9.11. The Morgan fingerprint density at radius 3 is 2.57 bits per heavy atom. The van der Waals surface area contributed by atoms with Crippen molar-refractivity contribution in [2.75, 3.05) is 6.54 Å². The van der Waals surface area contributed by atoms with Crippen LogP contribution >= 0.6 is 11.3 Å². The maximum Gasteiger partial charge on any atom is 0.269 e. The highest BCUT2D eigenvalue weighted by Gasteiger charge is 2.23. The first-order chi connectivity index (χ1) is 13.2. The fraction of sp³-hybridized carbons (Fsp3) is 0.381. The Kier molecular flexibility index (Phi) is 5.93. The van der Waals surface area contributed by atoms with Gasteiger partial charge in [-0.1, -0.05) is 32.9 Å². The van der Waals surface area contributed by atoms with E-state index in [4.69, 9.17) is 0 Å². The van der Waals surface area contributed by atoms with Crippen molar-refractivity contribution in [1.82, 2.24) is 20.1 Å². The average Bonchev–Trinajstić information content (AvgIpc) is 3.23. The number of benzene rings is 1. The smallest absolute Gasteiger partial charge is 0.269 e. The van der Waals surface area contributed by atoms with Gasteiger partial charge in [-0.05, 0) is 30.7 Å². The average molecular weight is 401 g/mol. The topological polar surface area (TPSA) is 59.8 Å². The molecule has 0 saturated heterocycles. The van der Waals surface area contributed by atoms with E-state index >= 15 is 0 Å². The third kappa shape index (κ3) is 5.04. The molecule has 5 nitrogen and oxygen atoms in total. The Hall–Kier alpha value is -2.54. The van der Waals surface area contributed by atoms with Crippen molar-refractivity contribution in [1.29, 1.82) is 0 Å². The molecule has 3 rings (SSSR count). The lowest BCUT2D eigenvalue weighted by Gasteiger charge is -2.14. The molecule has 2 aromatic heterocycles. The van der Waals surface area contributed by atoms with Crippen LogP contribution in [0.4, 0.5) is 4.39 Å². The van der Waals surface area contributed by atoms with Crippen molar-refractivity contribution in [3.05, 3.63) is 69.2 Å². The minimum Gasteiger partial charge on any atom is -0.350 e. The zero-order valence-corrected chi connectivity index (χ0v) is 17.4. The van der Waals surface area contributed by atoms with E-state index in [0.29, 0.717) is 25.2 Å². The molecule has 0 unspecified atom stereocenters. The maximum absolute atomic E-state index is 13.2. The second-order valence-electron chi connectivity index (χ2n) is 7.82. The molecule has 28 heavy (non-hydrogen) atoms. The number of halogens is 1. The van der Waals surface area contributed by atoms with Gasteiger partial charge in [-0.25, -0.2) is 9.37 Å². The van der Waals surface area contributed by atoms with Crippen molar-refractivity contribution in [3.63, 3.8) is 0 Å². The number of rotatable bonds is 6. The second kappa shape index (κ2) is 8.22. The van der Waals surface area contributed by atoms with Gasteiger partial charge in [-0.15, -0.1) is 11.3 Å². The largest absolute Gasteiger partial charge is 0.350 e. The lowest BCUT2D eigenvalue weighted by molar-refractivity contribution is 0.0944. The lowest BCUT2D eigenvalue weighted by atomic mass is 9.92. The number of nitrogens with zero attached hydrogens (tertiary/aromatic N) is 3. The molecule has 1 amide bonds. The number of carbonyl (C=O) groups is 1. The summed E-state index contributed by atoms with van der Waals surface area (Å²) in [4.78, 5) is 18.3. The molecule has 2 heterocycles. The number of carbonyl (C=O) groups excluding carboxylic acids is 1. The molecule has 0 fully saturated rings. The van der Waals surface area contributed by atoms with Gasteiger partial charge < -0.3 is 5.32 Å². The summed E-state index contributed by atoms with van der Waals surface area (Å²) >= 11 is 1.64. The molecule has 0 radical (unpaired) electrons. The molecule has 1 aromatic carbocycles. The molecule has 3 aromatic rings. The molecule has 148 valence electrons. The predicted molar refractivity (Wildman–Crippen MR) is 109 cm³/mol. The van der Waals surface area contributed by atoms with Gasteiger partial charge in [0, 0.05) is 29.5 Å². The number of hydrogen-bond donors (Lipinski definition) is 1. The van der Waals surface area contributed by atoms with Crippen LogP contribution in [-0.2, 0) is 18.4 Å². The number of aromatic nitrogens is 3. The van der Waals surface area contributed by atoms with Crippen LogP contribution in [0.3, 0.4) is 0 Å². The quantitative estimate of drug-likeness (QED) is 0.678. The summed E-state index contributed by atoms with van der Waals surface area (Å²) in [5.74, 6) is -0.451. The van der Waals surface area contributed by atoms with Crippen molar-refractivity contribution < 1.29 is 9.18 Å². The summed E-state index contributed by atoms with van der Waals surface area (Å²) in [7, 11) is 0. The molecule has 0 aliphatic heterocycles. The van der Waals surface area contributed by atoms with E-state index in [0.717, 1.165) is 21.1 Å². The molecule has 1 N–H and O–H groups in total. The SMILES string of the molecule is Cc1cnc(CCNC(=O)c2cc(C(C)(C)C)nn2Cc2ccc(F)cc2)s1. The first kappa shape index (κ1) is 20.2. The third-order valence-corrected chi connectivity index (χ3v) is 5.29. The Balaban J connectivity index is 1.76.